The van der Waals surface area contributed by atoms with Crippen molar-refractivity contribution < 1.29 is 14.7 Å². The number of likely N-dealkylation sites (tertiary alicyclic amines) is 1. The Morgan fingerprint density at radius 3 is 2.68 bits per heavy atom. The smallest absolute Gasteiger partial charge is 0.358 e. The summed E-state index contributed by atoms with van der Waals surface area (Å²) in [5.41, 5.74) is 3.34. The summed E-state index contributed by atoms with van der Waals surface area (Å²) >= 11 is 0. The topological polar surface area (TPSA) is 88.3 Å². The molecule has 1 amide bonds. The molecule has 0 bridgehead atoms. The number of carbonyl (C=O) groups excluding carboxylic acids is 1. The van der Waals surface area contributed by atoms with Crippen LogP contribution in [0.15, 0.2) is 24.4 Å². The van der Waals surface area contributed by atoms with Gasteiger partial charge in [-0.25, -0.2) is 9.48 Å². The second-order valence-electron chi connectivity index (χ2n) is 6.71. The quantitative estimate of drug-likeness (QED) is 0.922. The molecule has 7 heteroatoms. The second kappa shape index (κ2) is 6.31. The van der Waals surface area contributed by atoms with Crippen molar-refractivity contribution in [2.75, 3.05) is 13.1 Å². The maximum absolute atomic E-state index is 12.9. The molecule has 1 aliphatic heterocycles. The van der Waals surface area contributed by atoms with Crippen molar-refractivity contribution in [1.29, 1.82) is 0 Å². The van der Waals surface area contributed by atoms with Gasteiger partial charge < -0.3 is 10.0 Å². The van der Waals surface area contributed by atoms with Gasteiger partial charge in [0.25, 0.3) is 5.91 Å². The predicted molar refractivity (Wildman–Crippen MR) is 89.6 cm³/mol. The minimum Gasteiger partial charge on any atom is -0.476 e. The number of nitrogens with zero attached hydrogens (tertiary/aromatic N) is 4. The second-order valence-corrected chi connectivity index (χ2v) is 6.71. The number of benzene rings is 1. The molecule has 1 aromatic heterocycles. The molecule has 2 aromatic rings. The van der Waals surface area contributed by atoms with Gasteiger partial charge in [-0.3, -0.25) is 4.79 Å². The van der Waals surface area contributed by atoms with Gasteiger partial charge in [0.2, 0.25) is 0 Å². The third-order valence-corrected chi connectivity index (χ3v) is 5.23. The molecule has 4 rings (SSSR count). The van der Waals surface area contributed by atoms with Gasteiger partial charge in [0.05, 0.1) is 12.2 Å². The molecule has 0 atom stereocenters. The fourth-order valence-electron chi connectivity index (χ4n) is 3.88. The van der Waals surface area contributed by atoms with Crippen LogP contribution in [0.2, 0.25) is 0 Å². The number of rotatable bonds is 3. The van der Waals surface area contributed by atoms with Crippen molar-refractivity contribution in [3.8, 4) is 0 Å². The maximum atomic E-state index is 12.9. The number of piperidine rings is 1. The lowest BCUT2D eigenvalue weighted by Gasteiger charge is -2.32. The first kappa shape index (κ1) is 15.8. The zero-order valence-corrected chi connectivity index (χ0v) is 13.9. The summed E-state index contributed by atoms with van der Waals surface area (Å²) < 4.78 is 1.62. The van der Waals surface area contributed by atoms with Gasteiger partial charge in [-0.2, -0.15) is 0 Å². The lowest BCUT2D eigenvalue weighted by Crippen LogP contribution is -2.39. The van der Waals surface area contributed by atoms with Crippen LogP contribution in [0.3, 0.4) is 0 Å². The molecule has 2 heterocycles. The van der Waals surface area contributed by atoms with E-state index in [0.29, 0.717) is 13.1 Å². The van der Waals surface area contributed by atoms with E-state index >= 15 is 0 Å². The third kappa shape index (κ3) is 2.90. The number of fused-ring (bicyclic) bond motifs is 1. The van der Waals surface area contributed by atoms with E-state index in [-0.39, 0.29) is 17.6 Å². The SMILES string of the molecule is O=C(O)c1cn(C2CCN(C(=O)c3cccc4c3CCC4)CC2)nn1. The molecule has 7 nitrogen and oxygen atoms in total. The number of hydrogen-bond donors (Lipinski definition) is 1. The Bertz CT molecular complexity index is 821. The van der Waals surface area contributed by atoms with Crippen LogP contribution in [-0.2, 0) is 12.8 Å². The lowest BCUT2D eigenvalue weighted by atomic mass is 10.00. The van der Waals surface area contributed by atoms with Gasteiger partial charge in [0.1, 0.15) is 0 Å². The number of amides is 1. The van der Waals surface area contributed by atoms with Crippen molar-refractivity contribution >= 4 is 11.9 Å². The van der Waals surface area contributed by atoms with Crippen molar-refractivity contribution in [2.24, 2.45) is 0 Å². The number of aryl methyl sites for hydroxylation is 1. The van der Waals surface area contributed by atoms with Crippen LogP contribution in [0.1, 0.15) is 57.3 Å². The largest absolute Gasteiger partial charge is 0.476 e. The molecule has 1 aliphatic carbocycles. The van der Waals surface area contributed by atoms with Gasteiger partial charge in [0.15, 0.2) is 5.69 Å². The van der Waals surface area contributed by atoms with E-state index < -0.39 is 5.97 Å². The van der Waals surface area contributed by atoms with Gasteiger partial charge in [-0.1, -0.05) is 17.3 Å². The Hall–Kier alpha value is -2.70. The molecule has 2 aliphatic rings. The summed E-state index contributed by atoms with van der Waals surface area (Å²) in [7, 11) is 0. The van der Waals surface area contributed by atoms with Crippen LogP contribution in [0.4, 0.5) is 0 Å². The lowest BCUT2D eigenvalue weighted by molar-refractivity contribution is 0.0683. The van der Waals surface area contributed by atoms with E-state index in [2.05, 4.69) is 16.4 Å². The predicted octanol–water partition coefficient (Wildman–Crippen LogP) is 1.94. The van der Waals surface area contributed by atoms with Gasteiger partial charge in [-0.15, -0.1) is 5.10 Å². The highest BCUT2D eigenvalue weighted by Gasteiger charge is 2.28. The van der Waals surface area contributed by atoms with Crippen LogP contribution in [0.5, 0.6) is 0 Å². The molecular formula is C18H20N4O3. The molecule has 0 radical (unpaired) electrons. The Morgan fingerprint density at radius 1 is 1.16 bits per heavy atom. The molecule has 0 saturated carbocycles. The van der Waals surface area contributed by atoms with E-state index in [0.717, 1.165) is 37.7 Å². The summed E-state index contributed by atoms with van der Waals surface area (Å²) in [5.74, 6) is -0.959. The highest BCUT2D eigenvalue weighted by molar-refractivity contribution is 5.96. The Morgan fingerprint density at radius 2 is 1.96 bits per heavy atom. The van der Waals surface area contributed by atoms with E-state index in [1.165, 1.54) is 17.3 Å². The average Bonchev–Trinajstić information content (AvgIpc) is 3.30. The average molecular weight is 340 g/mol. The standard InChI is InChI=1S/C18H20N4O3/c23-17(15-6-2-4-12-3-1-5-14(12)15)21-9-7-13(8-10-21)22-11-16(18(24)25)19-20-22/h2,4,6,11,13H,1,3,5,7-10H2,(H,24,25). The number of aromatic nitrogens is 3. The molecule has 0 unspecified atom stereocenters. The third-order valence-electron chi connectivity index (χ3n) is 5.23. The summed E-state index contributed by atoms with van der Waals surface area (Å²) in [6, 6.07) is 6.13. The van der Waals surface area contributed by atoms with E-state index in [1.54, 1.807) is 4.68 Å². The molecule has 1 fully saturated rings. The number of carboxylic acids is 1. The summed E-state index contributed by atoms with van der Waals surface area (Å²) in [5, 5.41) is 16.5. The van der Waals surface area contributed by atoms with Crippen LogP contribution in [0, 0.1) is 0 Å². The molecular weight excluding hydrogens is 320 g/mol. The molecule has 1 N–H and O–H groups in total. The van der Waals surface area contributed by atoms with Crippen LogP contribution in [0.25, 0.3) is 0 Å². The monoisotopic (exact) mass is 340 g/mol. The van der Waals surface area contributed by atoms with E-state index in [9.17, 15) is 9.59 Å². The van der Waals surface area contributed by atoms with Gasteiger partial charge in [0, 0.05) is 18.7 Å². The van der Waals surface area contributed by atoms with Crippen LogP contribution < -0.4 is 0 Å². The first-order valence-electron chi connectivity index (χ1n) is 8.68. The van der Waals surface area contributed by atoms with Crippen molar-refractivity contribution in [1.82, 2.24) is 19.9 Å². The zero-order chi connectivity index (χ0) is 17.4. The number of carboxylic acid groups (broad SMARTS) is 1. The molecule has 130 valence electrons. The normalized spacial score (nSPS) is 17.5. The molecule has 25 heavy (non-hydrogen) atoms. The Balaban J connectivity index is 1.44. The molecule has 0 spiro atoms. The van der Waals surface area contributed by atoms with Crippen molar-refractivity contribution in [3.63, 3.8) is 0 Å². The van der Waals surface area contributed by atoms with E-state index in [1.807, 2.05) is 17.0 Å². The minimum absolute atomic E-state index is 0.0432. The first-order chi connectivity index (χ1) is 12.1. The number of hydrogen-bond acceptors (Lipinski definition) is 4. The zero-order valence-electron chi connectivity index (χ0n) is 13.9. The maximum Gasteiger partial charge on any atom is 0.358 e. The van der Waals surface area contributed by atoms with E-state index in [4.69, 9.17) is 5.11 Å². The van der Waals surface area contributed by atoms with Crippen molar-refractivity contribution in [3.05, 3.63) is 46.8 Å². The fraction of sp³-hybridized carbons (Fsp3) is 0.444. The summed E-state index contributed by atoms with van der Waals surface area (Å²) in [6.07, 6.45) is 6.15. The minimum atomic E-state index is -1.07. The van der Waals surface area contributed by atoms with Gasteiger partial charge in [-0.05, 0) is 49.3 Å². The molecule has 1 saturated heterocycles. The highest BCUT2D eigenvalue weighted by atomic mass is 16.4. The first-order valence-corrected chi connectivity index (χ1v) is 8.68. The highest BCUT2D eigenvalue weighted by Crippen LogP contribution is 2.28. The van der Waals surface area contributed by atoms with Gasteiger partial charge >= 0.3 is 5.97 Å². The van der Waals surface area contributed by atoms with Crippen LogP contribution >= 0.6 is 0 Å². The number of aromatic carboxylic acids is 1. The van der Waals surface area contributed by atoms with Crippen molar-refractivity contribution in [2.45, 2.75) is 38.1 Å². The molecule has 1 aromatic carbocycles. The number of carbonyl (C=O) groups is 2. The fourth-order valence-corrected chi connectivity index (χ4v) is 3.88. The Kier molecular flexibility index (Phi) is 3.99. The van der Waals surface area contributed by atoms with Crippen LogP contribution in [-0.4, -0.2) is 50.0 Å². The Labute approximate surface area is 145 Å². The summed E-state index contributed by atoms with van der Waals surface area (Å²) in [6.45, 7) is 1.30. The summed E-state index contributed by atoms with van der Waals surface area (Å²) in [4.78, 5) is 25.7.